The number of aromatic nitrogens is 1. The summed E-state index contributed by atoms with van der Waals surface area (Å²) in [4.78, 5) is 6.14. The van der Waals surface area contributed by atoms with E-state index in [1.807, 2.05) is 0 Å². The normalized spacial score (nSPS) is 25.9. The molecule has 1 aliphatic heterocycles. The van der Waals surface area contributed by atoms with Crippen LogP contribution in [-0.4, -0.2) is 30.6 Å². The maximum atomic E-state index is 6.51. The Morgan fingerprint density at radius 2 is 1.71 bits per heavy atom. The maximum Gasteiger partial charge on any atom is 0.108 e. The van der Waals surface area contributed by atoms with E-state index in [4.69, 9.17) is 4.74 Å². The van der Waals surface area contributed by atoms with Gasteiger partial charge in [0, 0.05) is 16.9 Å². The van der Waals surface area contributed by atoms with Crippen LogP contribution >= 0.6 is 0 Å². The molecule has 2 aliphatic rings. The van der Waals surface area contributed by atoms with Gasteiger partial charge in [-0.1, -0.05) is 48.5 Å². The number of rotatable bonds is 3. The topological polar surface area (TPSA) is 28.3 Å². The van der Waals surface area contributed by atoms with E-state index in [0.717, 1.165) is 25.9 Å². The van der Waals surface area contributed by atoms with Gasteiger partial charge in [-0.25, -0.2) is 0 Å². The highest BCUT2D eigenvalue weighted by molar-refractivity contribution is 5.85. The van der Waals surface area contributed by atoms with Crippen molar-refractivity contribution in [2.24, 2.45) is 5.92 Å². The molecule has 1 unspecified atom stereocenters. The summed E-state index contributed by atoms with van der Waals surface area (Å²) in [5.41, 5.74) is 5.43. The Bertz CT molecular complexity index is 951. The molecule has 1 atom stereocenters. The minimum atomic E-state index is -0.114. The highest BCUT2D eigenvalue weighted by Crippen LogP contribution is 2.50. The second-order valence-corrected chi connectivity index (χ2v) is 8.77. The number of para-hydroxylation sites is 1. The summed E-state index contributed by atoms with van der Waals surface area (Å²) >= 11 is 0. The van der Waals surface area contributed by atoms with Crippen LogP contribution in [0.3, 0.4) is 0 Å². The van der Waals surface area contributed by atoms with Crippen molar-refractivity contribution in [1.82, 2.24) is 9.88 Å². The Morgan fingerprint density at radius 3 is 2.46 bits per heavy atom. The van der Waals surface area contributed by atoms with Gasteiger partial charge < -0.3 is 14.6 Å². The molecule has 3 nitrogen and oxygen atoms in total. The first-order chi connectivity index (χ1) is 13.7. The summed E-state index contributed by atoms with van der Waals surface area (Å²) in [5.74, 6) is 0.668. The molecular formula is C25H30N2O. The number of ether oxygens (including phenoxy) is 1. The molecule has 28 heavy (non-hydrogen) atoms. The van der Waals surface area contributed by atoms with Crippen LogP contribution in [-0.2, 0) is 16.8 Å². The van der Waals surface area contributed by atoms with Crippen LogP contribution in [0.4, 0.5) is 0 Å². The Labute approximate surface area is 167 Å². The second kappa shape index (κ2) is 7.06. The predicted molar refractivity (Wildman–Crippen MR) is 114 cm³/mol. The molecule has 146 valence electrons. The summed E-state index contributed by atoms with van der Waals surface area (Å²) in [6, 6.07) is 20.2. The van der Waals surface area contributed by atoms with E-state index >= 15 is 0 Å². The van der Waals surface area contributed by atoms with Gasteiger partial charge in [0.2, 0.25) is 0 Å². The van der Waals surface area contributed by atoms with Gasteiger partial charge in [-0.2, -0.15) is 0 Å². The molecule has 3 aromatic rings. The van der Waals surface area contributed by atoms with Gasteiger partial charge >= 0.3 is 0 Å². The molecule has 0 saturated heterocycles. The fourth-order valence-electron chi connectivity index (χ4n) is 5.73. The number of H-pyrrole nitrogens is 1. The Morgan fingerprint density at radius 1 is 1.00 bits per heavy atom. The van der Waals surface area contributed by atoms with Gasteiger partial charge in [0.05, 0.1) is 12.3 Å². The summed E-state index contributed by atoms with van der Waals surface area (Å²) in [6.45, 7) is 0.843. The minimum absolute atomic E-state index is 0.114. The molecule has 3 heteroatoms. The monoisotopic (exact) mass is 374 g/mol. The van der Waals surface area contributed by atoms with Gasteiger partial charge in [-0.05, 0) is 69.3 Å². The highest BCUT2D eigenvalue weighted by Gasteiger charge is 2.44. The van der Waals surface area contributed by atoms with Crippen LogP contribution in [0.2, 0.25) is 0 Å². The van der Waals surface area contributed by atoms with Crippen LogP contribution < -0.4 is 0 Å². The molecule has 1 aromatic heterocycles. The van der Waals surface area contributed by atoms with Crippen LogP contribution in [0, 0.1) is 5.92 Å². The largest absolute Gasteiger partial charge is 0.368 e. The highest BCUT2D eigenvalue weighted by atomic mass is 16.5. The molecule has 5 rings (SSSR count). The first kappa shape index (κ1) is 18.0. The van der Waals surface area contributed by atoms with Crippen molar-refractivity contribution < 1.29 is 4.74 Å². The third-order valence-electron chi connectivity index (χ3n) is 6.98. The Kier molecular flexibility index (Phi) is 4.53. The standard InChI is InChI=1S/C25H30N2O/c1-27(2)23(18-8-4-3-5-9-18)19-12-15-25(16-13-19)24-21(14-17-28-25)20-10-6-7-11-22(20)26-24/h3-11,19,23,26H,12-17H2,1-2H3. The molecule has 0 bridgehead atoms. The molecule has 1 aliphatic carbocycles. The number of hydrogen-bond acceptors (Lipinski definition) is 2. The van der Waals surface area contributed by atoms with E-state index in [9.17, 15) is 0 Å². The van der Waals surface area contributed by atoms with E-state index in [1.54, 1.807) is 0 Å². The zero-order valence-corrected chi connectivity index (χ0v) is 16.9. The van der Waals surface area contributed by atoms with Crippen molar-refractivity contribution in [3.8, 4) is 0 Å². The van der Waals surface area contributed by atoms with Crippen LogP contribution in [0.25, 0.3) is 10.9 Å². The third-order valence-corrected chi connectivity index (χ3v) is 6.98. The van der Waals surface area contributed by atoms with Crippen molar-refractivity contribution in [1.29, 1.82) is 0 Å². The van der Waals surface area contributed by atoms with E-state index in [1.165, 1.54) is 40.6 Å². The number of nitrogens with one attached hydrogen (secondary N) is 1. The maximum absolute atomic E-state index is 6.51. The number of fused-ring (bicyclic) bond motifs is 4. The van der Waals surface area contributed by atoms with Gasteiger partial charge in [0.1, 0.15) is 5.60 Å². The molecular weight excluding hydrogens is 344 g/mol. The quantitative estimate of drug-likeness (QED) is 0.662. The van der Waals surface area contributed by atoms with E-state index in [2.05, 4.69) is 78.6 Å². The third kappa shape index (κ3) is 2.89. The Balaban J connectivity index is 1.43. The zero-order valence-electron chi connectivity index (χ0n) is 16.9. The first-order valence-electron chi connectivity index (χ1n) is 10.6. The fourth-order valence-corrected chi connectivity index (χ4v) is 5.73. The molecule has 0 amide bonds. The first-order valence-corrected chi connectivity index (χ1v) is 10.6. The zero-order chi connectivity index (χ0) is 19.1. The second-order valence-electron chi connectivity index (χ2n) is 8.77. The summed E-state index contributed by atoms with van der Waals surface area (Å²) in [7, 11) is 4.43. The van der Waals surface area contributed by atoms with Gasteiger partial charge in [0.15, 0.2) is 0 Å². The molecule has 1 saturated carbocycles. The summed E-state index contributed by atoms with van der Waals surface area (Å²) in [5, 5.41) is 1.39. The number of benzene rings is 2. The number of aromatic amines is 1. The molecule has 1 fully saturated rings. The average molecular weight is 375 g/mol. The molecule has 2 aromatic carbocycles. The fraction of sp³-hybridized carbons (Fsp3) is 0.440. The number of hydrogen-bond donors (Lipinski definition) is 1. The molecule has 1 spiro atoms. The van der Waals surface area contributed by atoms with Crippen molar-refractivity contribution >= 4 is 10.9 Å². The Hall–Kier alpha value is -2.10. The minimum Gasteiger partial charge on any atom is -0.368 e. The van der Waals surface area contributed by atoms with Gasteiger partial charge in [-0.15, -0.1) is 0 Å². The molecule has 1 N–H and O–H groups in total. The van der Waals surface area contributed by atoms with Crippen LogP contribution in [0.5, 0.6) is 0 Å². The summed E-state index contributed by atoms with van der Waals surface area (Å²) < 4.78 is 6.51. The van der Waals surface area contributed by atoms with Crippen molar-refractivity contribution in [2.45, 2.75) is 43.7 Å². The van der Waals surface area contributed by atoms with Crippen LogP contribution in [0.15, 0.2) is 54.6 Å². The lowest BCUT2D eigenvalue weighted by Crippen LogP contribution is -2.41. The lowest BCUT2D eigenvalue weighted by Gasteiger charge is -2.45. The van der Waals surface area contributed by atoms with Gasteiger partial charge in [0.25, 0.3) is 0 Å². The van der Waals surface area contributed by atoms with E-state index in [-0.39, 0.29) is 5.60 Å². The van der Waals surface area contributed by atoms with Crippen molar-refractivity contribution in [3.63, 3.8) is 0 Å². The molecule has 0 radical (unpaired) electrons. The smallest absolute Gasteiger partial charge is 0.108 e. The number of nitrogens with zero attached hydrogens (tertiary/aromatic N) is 1. The lowest BCUT2D eigenvalue weighted by molar-refractivity contribution is -0.0997. The predicted octanol–water partition coefficient (Wildman–Crippen LogP) is 5.43. The lowest BCUT2D eigenvalue weighted by atomic mass is 9.71. The van der Waals surface area contributed by atoms with E-state index < -0.39 is 0 Å². The molecule has 2 heterocycles. The van der Waals surface area contributed by atoms with Crippen molar-refractivity contribution in [3.05, 3.63) is 71.4 Å². The SMILES string of the molecule is CN(C)C(c1ccccc1)C1CCC2(CC1)OCCc1c2[nH]c2ccccc12. The van der Waals surface area contributed by atoms with Gasteiger partial charge in [-0.3, -0.25) is 0 Å². The average Bonchev–Trinajstić information content (AvgIpc) is 3.11. The van der Waals surface area contributed by atoms with Crippen LogP contribution in [0.1, 0.15) is 48.5 Å². The summed E-state index contributed by atoms with van der Waals surface area (Å²) in [6.07, 6.45) is 5.64. The van der Waals surface area contributed by atoms with Crippen molar-refractivity contribution in [2.75, 3.05) is 20.7 Å². The van der Waals surface area contributed by atoms with E-state index in [0.29, 0.717) is 12.0 Å².